The third kappa shape index (κ3) is 5.48. The van der Waals surface area contributed by atoms with Crippen LogP contribution in [0.3, 0.4) is 0 Å². The molecule has 144 valence electrons. The van der Waals surface area contributed by atoms with Crippen molar-refractivity contribution in [3.63, 3.8) is 0 Å². The van der Waals surface area contributed by atoms with Gasteiger partial charge < -0.3 is 25.3 Å². The Morgan fingerprint density at radius 2 is 2.00 bits per heavy atom. The van der Waals surface area contributed by atoms with Gasteiger partial charge in [0.1, 0.15) is 5.75 Å². The molecule has 0 radical (unpaired) electrons. The van der Waals surface area contributed by atoms with Crippen LogP contribution in [-0.2, 0) is 14.3 Å². The minimum Gasteiger partial charge on any atom is -0.496 e. The summed E-state index contributed by atoms with van der Waals surface area (Å²) < 4.78 is 14.8. The van der Waals surface area contributed by atoms with Crippen molar-refractivity contribution >= 4 is 29.2 Å². The number of likely N-dealkylation sites (tertiary alicyclic amines) is 1. The van der Waals surface area contributed by atoms with E-state index in [9.17, 15) is 9.59 Å². The summed E-state index contributed by atoms with van der Waals surface area (Å²) in [5.74, 6) is -0.208. The number of halogens is 1. The molecule has 1 aliphatic heterocycles. The van der Waals surface area contributed by atoms with Crippen LogP contribution in [0.4, 0.5) is 5.69 Å². The second-order valence-corrected chi connectivity index (χ2v) is 6.43. The monoisotopic (exact) mass is 385 g/mol. The number of nitrogens with one attached hydrogen (secondary N) is 1. The first-order chi connectivity index (χ1) is 12.4. The summed E-state index contributed by atoms with van der Waals surface area (Å²) in [6, 6.07) is 3.05. The predicted octanol–water partition coefficient (Wildman–Crippen LogP) is 1.27. The van der Waals surface area contributed by atoms with Crippen LogP contribution >= 0.6 is 11.6 Å². The fraction of sp³-hybridized carbons (Fsp3) is 0.529. The van der Waals surface area contributed by atoms with E-state index < -0.39 is 0 Å². The number of carbonyl (C=O) groups is 2. The van der Waals surface area contributed by atoms with Gasteiger partial charge in [0.15, 0.2) is 6.79 Å². The molecule has 0 saturated carbocycles. The van der Waals surface area contributed by atoms with Gasteiger partial charge in [0.05, 0.1) is 29.9 Å². The largest absolute Gasteiger partial charge is 0.496 e. The number of nitrogens with two attached hydrogens (primary N) is 1. The van der Waals surface area contributed by atoms with E-state index >= 15 is 0 Å². The fourth-order valence-corrected chi connectivity index (χ4v) is 2.93. The SMILES string of the molecule is COCOC(=O)CN1CCC(NC(=O)c2cc(Cl)c(N)cc2OC)CC1. The molecule has 1 heterocycles. The molecule has 0 aromatic heterocycles. The normalized spacial score (nSPS) is 15.5. The Morgan fingerprint density at radius 3 is 2.62 bits per heavy atom. The van der Waals surface area contributed by atoms with Crippen LogP contribution in [0.15, 0.2) is 12.1 Å². The Bertz CT molecular complexity index is 648. The number of hydrogen-bond acceptors (Lipinski definition) is 7. The second-order valence-electron chi connectivity index (χ2n) is 6.02. The lowest BCUT2D eigenvalue weighted by Gasteiger charge is -2.31. The average molecular weight is 386 g/mol. The number of nitrogen functional groups attached to an aromatic ring is 1. The first-order valence-electron chi connectivity index (χ1n) is 8.25. The van der Waals surface area contributed by atoms with Crippen LogP contribution in [0.1, 0.15) is 23.2 Å². The van der Waals surface area contributed by atoms with Crippen LogP contribution in [0, 0.1) is 0 Å². The van der Waals surface area contributed by atoms with E-state index in [1.165, 1.54) is 26.4 Å². The van der Waals surface area contributed by atoms with Gasteiger partial charge in [-0.15, -0.1) is 0 Å². The molecule has 1 fully saturated rings. The molecular weight excluding hydrogens is 362 g/mol. The summed E-state index contributed by atoms with van der Waals surface area (Å²) in [4.78, 5) is 26.1. The average Bonchev–Trinajstić information content (AvgIpc) is 2.63. The van der Waals surface area contributed by atoms with Gasteiger partial charge in [0.25, 0.3) is 5.91 Å². The maximum Gasteiger partial charge on any atom is 0.322 e. The zero-order chi connectivity index (χ0) is 19.1. The summed E-state index contributed by atoms with van der Waals surface area (Å²) >= 11 is 6.01. The van der Waals surface area contributed by atoms with Crippen molar-refractivity contribution in [2.24, 2.45) is 0 Å². The standard InChI is InChI=1S/C17H24ClN3O5/c1-24-10-26-16(22)9-21-5-3-11(4-6-21)20-17(23)12-7-13(18)14(19)8-15(12)25-2/h7-8,11H,3-6,9-10,19H2,1-2H3,(H,20,23). The lowest BCUT2D eigenvalue weighted by Crippen LogP contribution is -2.46. The van der Waals surface area contributed by atoms with Crippen molar-refractivity contribution in [3.8, 4) is 5.75 Å². The molecule has 0 bridgehead atoms. The van der Waals surface area contributed by atoms with Crippen LogP contribution in [0.5, 0.6) is 5.75 Å². The molecule has 1 aromatic carbocycles. The van der Waals surface area contributed by atoms with Gasteiger partial charge in [-0.3, -0.25) is 14.5 Å². The smallest absolute Gasteiger partial charge is 0.322 e. The molecular formula is C17H24ClN3O5. The number of benzene rings is 1. The van der Waals surface area contributed by atoms with E-state index in [1.54, 1.807) is 0 Å². The molecule has 8 nitrogen and oxygen atoms in total. The summed E-state index contributed by atoms with van der Waals surface area (Å²) in [5, 5.41) is 3.29. The zero-order valence-electron chi connectivity index (χ0n) is 14.9. The van der Waals surface area contributed by atoms with Gasteiger partial charge in [0.2, 0.25) is 0 Å². The zero-order valence-corrected chi connectivity index (χ0v) is 15.7. The van der Waals surface area contributed by atoms with Crippen molar-refractivity contribution in [1.82, 2.24) is 10.2 Å². The number of piperidine rings is 1. The first-order valence-corrected chi connectivity index (χ1v) is 8.63. The molecule has 1 saturated heterocycles. The molecule has 0 spiro atoms. The maximum absolute atomic E-state index is 12.5. The Hall–Kier alpha value is -2.03. The van der Waals surface area contributed by atoms with Gasteiger partial charge >= 0.3 is 5.97 Å². The van der Waals surface area contributed by atoms with Gasteiger partial charge in [0, 0.05) is 32.3 Å². The first kappa shape index (κ1) is 20.3. The van der Waals surface area contributed by atoms with E-state index in [0.29, 0.717) is 35.1 Å². The highest BCUT2D eigenvalue weighted by atomic mass is 35.5. The Balaban J connectivity index is 1.87. The van der Waals surface area contributed by atoms with Crippen LogP contribution < -0.4 is 15.8 Å². The molecule has 0 unspecified atom stereocenters. The highest BCUT2D eigenvalue weighted by molar-refractivity contribution is 6.33. The van der Waals surface area contributed by atoms with Crippen molar-refractivity contribution in [2.45, 2.75) is 18.9 Å². The van der Waals surface area contributed by atoms with Gasteiger partial charge in [-0.25, -0.2) is 0 Å². The number of hydrogen-bond donors (Lipinski definition) is 2. The molecule has 1 aromatic rings. The third-order valence-electron chi connectivity index (χ3n) is 4.18. The number of anilines is 1. The third-order valence-corrected chi connectivity index (χ3v) is 4.50. The number of ether oxygens (including phenoxy) is 3. The Kier molecular flexibility index (Phi) is 7.50. The van der Waals surface area contributed by atoms with Gasteiger partial charge in [-0.1, -0.05) is 11.6 Å². The molecule has 3 N–H and O–H groups in total. The van der Waals surface area contributed by atoms with E-state index in [0.717, 1.165) is 12.8 Å². The molecule has 0 aliphatic carbocycles. The minimum atomic E-state index is -0.324. The highest BCUT2D eigenvalue weighted by Crippen LogP contribution is 2.29. The molecule has 1 amide bonds. The minimum absolute atomic E-state index is 0.00906. The topological polar surface area (TPSA) is 103 Å². The number of carbonyl (C=O) groups excluding carboxylic acids is 2. The van der Waals surface area contributed by atoms with Crippen molar-refractivity contribution in [2.75, 3.05) is 46.4 Å². The number of rotatable bonds is 7. The summed E-state index contributed by atoms with van der Waals surface area (Å²) in [6.45, 7) is 1.54. The molecule has 9 heteroatoms. The van der Waals surface area contributed by atoms with Gasteiger partial charge in [-0.05, 0) is 18.9 Å². The second kappa shape index (κ2) is 9.61. The summed E-state index contributed by atoms with van der Waals surface area (Å²) in [7, 11) is 2.94. The summed E-state index contributed by atoms with van der Waals surface area (Å²) in [6.07, 6.45) is 1.46. The van der Waals surface area contributed by atoms with E-state index in [-0.39, 0.29) is 31.3 Å². The van der Waals surface area contributed by atoms with Gasteiger partial charge in [-0.2, -0.15) is 0 Å². The van der Waals surface area contributed by atoms with Crippen LogP contribution in [-0.4, -0.2) is 63.5 Å². The van der Waals surface area contributed by atoms with E-state index in [4.69, 9.17) is 31.5 Å². The number of nitrogens with zero attached hydrogens (tertiary/aromatic N) is 1. The van der Waals surface area contributed by atoms with Crippen molar-refractivity contribution in [3.05, 3.63) is 22.7 Å². The van der Waals surface area contributed by atoms with E-state index in [1.807, 2.05) is 4.90 Å². The molecule has 2 rings (SSSR count). The highest BCUT2D eigenvalue weighted by Gasteiger charge is 2.24. The van der Waals surface area contributed by atoms with Crippen LogP contribution in [0.2, 0.25) is 5.02 Å². The predicted molar refractivity (Wildman–Crippen MR) is 97.3 cm³/mol. The quantitative estimate of drug-likeness (QED) is 0.414. The summed E-state index contributed by atoms with van der Waals surface area (Å²) in [5.41, 5.74) is 6.44. The van der Waals surface area contributed by atoms with Crippen molar-refractivity contribution < 1.29 is 23.8 Å². The molecule has 0 atom stereocenters. The van der Waals surface area contributed by atoms with E-state index in [2.05, 4.69) is 5.32 Å². The van der Waals surface area contributed by atoms with Crippen LogP contribution in [0.25, 0.3) is 0 Å². The fourth-order valence-electron chi connectivity index (χ4n) is 2.77. The Labute approximate surface area is 157 Å². The number of esters is 1. The number of methoxy groups -OCH3 is 2. The molecule has 26 heavy (non-hydrogen) atoms. The lowest BCUT2D eigenvalue weighted by atomic mass is 10.0. The number of amides is 1. The lowest BCUT2D eigenvalue weighted by molar-refractivity contribution is -0.155. The van der Waals surface area contributed by atoms with Crippen molar-refractivity contribution in [1.29, 1.82) is 0 Å². The molecule has 1 aliphatic rings. The maximum atomic E-state index is 12.5. The Morgan fingerprint density at radius 1 is 1.31 bits per heavy atom.